The van der Waals surface area contributed by atoms with Crippen LogP contribution in [0.1, 0.15) is 21.6 Å². The Hall–Kier alpha value is -3.11. The molecule has 0 aliphatic rings. The van der Waals surface area contributed by atoms with Crippen LogP contribution in [0.5, 0.6) is 11.5 Å². The molecule has 150 valence electrons. The van der Waals surface area contributed by atoms with Crippen molar-refractivity contribution in [3.63, 3.8) is 0 Å². The van der Waals surface area contributed by atoms with Gasteiger partial charge in [0.2, 0.25) is 5.78 Å². The van der Waals surface area contributed by atoms with E-state index in [-0.39, 0.29) is 11.3 Å². The summed E-state index contributed by atoms with van der Waals surface area (Å²) < 4.78 is 94.9. The first-order valence-electron chi connectivity index (χ1n) is 7.35. The second kappa shape index (κ2) is 8.72. The summed E-state index contributed by atoms with van der Waals surface area (Å²) in [7, 11) is 0. The maximum Gasteiger partial charge on any atom is 0.417 e. The van der Waals surface area contributed by atoms with Crippen LogP contribution in [-0.2, 0) is 6.18 Å². The van der Waals surface area contributed by atoms with Crippen LogP contribution in [-0.4, -0.2) is 24.0 Å². The van der Waals surface area contributed by atoms with Crippen molar-refractivity contribution >= 4 is 11.9 Å². The van der Waals surface area contributed by atoms with Gasteiger partial charge >= 0.3 is 19.4 Å². The molecule has 4 nitrogen and oxygen atoms in total. The lowest BCUT2D eigenvalue weighted by Gasteiger charge is -2.12. The Morgan fingerprint density at radius 3 is 2.14 bits per heavy atom. The molecular weight excluding hydrogens is 399 g/mol. The molecule has 0 fully saturated rings. The number of hydrogen-bond acceptors (Lipinski definition) is 4. The number of hydrogen-bond donors (Lipinski definition) is 0. The molecule has 0 unspecified atom stereocenters. The second-order valence-electron chi connectivity index (χ2n) is 5.09. The zero-order valence-electron chi connectivity index (χ0n) is 13.6. The lowest BCUT2D eigenvalue weighted by atomic mass is 10.1. The topological polar surface area (TPSA) is 48.4 Å². The average molecular weight is 409 g/mol. The van der Waals surface area contributed by atoms with Crippen LogP contribution < -0.4 is 9.47 Å². The van der Waals surface area contributed by atoms with E-state index < -0.39 is 42.2 Å². The van der Waals surface area contributed by atoms with Gasteiger partial charge in [-0.05, 0) is 35.9 Å². The third-order valence-corrected chi connectivity index (χ3v) is 3.17. The van der Waals surface area contributed by atoms with E-state index in [1.54, 1.807) is 0 Å². The Morgan fingerprint density at radius 2 is 1.61 bits per heavy atom. The molecule has 0 amide bonds. The summed E-state index contributed by atoms with van der Waals surface area (Å²) in [5, 5.41) is 0. The number of nitrogens with zero attached hydrogens (tertiary/aromatic N) is 1. The normalized spacial score (nSPS) is 12.0. The minimum Gasteiger partial charge on any atom is -0.431 e. The van der Waals surface area contributed by atoms with Gasteiger partial charge < -0.3 is 9.47 Å². The van der Waals surface area contributed by atoms with Crippen LogP contribution in [0.2, 0.25) is 0 Å². The van der Waals surface area contributed by atoms with Crippen LogP contribution >= 0.6 is 0 Å². The number of allylic oxidation sites excluding steroid dienone is 1. The minimum atomic E-state index is -4.60. The number of benzene rings is 1. The highest BCUT2D eigenvalue weighted by atomic mass is 19.4. The van der Waals surface area contributed by atoms with Crippen LogP contribution in [0.15, 0.2) is 42.6 Å². The minimum absolute atomic E-state index is 0.109. The van der Waals surface area contributed by atoms with E-state index in [1.165, 1.54) is 6.07 Å². The molecular formula is C17H10F7NO3. The Balaban J connectivity index is 2.19. The molecule has 0 saturated carbocycles. The number of ketones is 1. The van der Waals surface area contributed by atoms with Gasteiger partial charge in [-0.15, -0.1) is 0 Å². The van der Waals surface area contributed by atoms with Crippen molar-refractivity contribution in [1.29, 1.82) is 0 Å². The number of ether oxygens (including phenoxy) is 2. The van der Waals surface area contributed by atoms with Crippen molar-refractivity contribution < 1.29 is 45.0 Å². The highest BCUT2D eigenvalue weighted by Crippen LogP contribution is 2.32. The first-order chi connectivity index (χ1) is 13.1. The fraction of sp³-hybridized carbons (Fsp3) is 0.176. The number of rotatable bonds is 7. The van der Waals surface area contributed by atoms with E-state index in [2.05, 4.69) is 14.5 Å². The Bertz CT molecular complexity index is 849. The third kappa shape index (κ3) is 5.96. The number of carbonyl (C=O) groups is 1. The fourth-order valence-electron chi connectivity index (χ4n) is 1.97. The lowest BCUT2D eigenvalue weighted by Crippen LogP contribution is -2.08. The van der Waals surface area contributed by atoms with Crippen molar-refractivity contribution in [3.05, 3.63) is 59.4 Å². The maximum absolute atomic E-state index is 12.5. The van der Waals surface area contributed by atoms with Gasteiger partial charge in [-0.1, -0.05) is 12.1 Å². The SMILES string of the molecule is O=C(/C=C/c1ccc(OC(F)F)c(OC(F)F)c1)c1ccc(C(F)(F)F)cn1. The van der Waals surface area contributed by atoms with E-state index in [9.17, 15) is 35.5 Å². The molecule has 2 rings (SSSR count). The molecule has 2 aromatic rings. The zero-order chi connectivity index (χ0) is 20.9. The summed E-state index contributed by atoms with van der Waals surface area (Å²) in [6, 6.07) is 4.60. The maximum atomic E-state index is 12.5. The summed E-state index contributed by atoms with van der Waals surface area (Å²) in [5.74, 6) is -2.08. The van der Waals surface area contributed by atoms with Gasteiger partial charge in [-0.2, -0.15) is 30.7 Å². The summed E-state index contributed by atoms with van der Waals surface area (Å²) in [4.78, 5) is 15.4. The predicted octanol–water partition coefficient (Wildman–Crippen LogP) is 5.20. The Morgan fingerprint density at radius 1 is 0.964 bits per heavy atom. The summed E-state index contributed by atoms with van der Waals surface area (Å²) >= 11 is 0. The molecule has 0 aliphatic carbocycles. The third-order valence-electron chi connectivity index (χ3n) is 3.17. The summed E-state index contributed by atoms with van der Waals surface area (Å²) in [5.41, 5.74) is -1.21. The fourth-order valence-corrected chi connectivity index (χ4v) is 1.97. The van der Waals surface area contributed by atoms with Crippen LogP contribution in [0.4, 0.5) is 30.7 Å². The lowest BCUT2D eigenvalue weighted by molar-refractivity contribution is -0.137. The van der Waals surface area contributed by atoms with Gasteiger partial charge in [0.25, 0.3) is 0 Å². The van der Waals surface area contributed by atoms with Gasteiger partial charge in [0.1, 0.15) is 5.69 Å². The monoisotopic (exact) mass is 409 g/mol. The molecule has 0 atom stereocenters. The van der Waals surface area contributed by atoms with Crippen molar-refractivity contribution in [1.82, 2.24) is 4.98 Å². The van der Waals surface area contributed by atoms with E-state index >= 15 is 0 Å². The number of alkyl halides is 7. The van der Waals surface area contributed by atoms with Crippen LogP contribution in [0.3, 0.4) is 0 Å². The quantitative estimate of drug-likeness (QED) is 0.358. The van der Waals surface area contributed by atoms with Crippen molar-refractivity contribution in [3.8, 4) is 11.5 Å². The largest absolute Gasteiger partial charge is 0.431 e. The Labute approximate surface area is 153 Å². The van der Waals surface area contributed by atoms with Gasteiger partial charge in [-0.25, -0.2) is 0 Å². The molecule has 1 heterocycles. The smallest absolute Gasteiger partial charge is 0.417 e. The van der Waals surface area contributed by atoms with Gasteiger partial charge in [0.05, 0.1) is 5.56 Å². The number of aromatic nitrogens is 1. The summed E-state index contributed by atoms with van der Waals surface area (Å²) in [6.07, 6.45) is -2.07. The molecule has 11 heteroatoms. The Kier molecular flexibility index (Phi) is 6.60. The van der Waals surface area contributed by atoms with E-state index in [0.717, 1.165) is 30.4 Å². The molecule has 0 spiro atoms. The highest BCUT2D eigenvalue weighted by molar-refractivity contribution is 6.05. The van der Waals surface area contributed by atoms with Crippen molar-refractivity contribution in [2.24, 2.45) is 0 Å². The molecule has 0 bridgehead atoms. The zero-order valence-corrected chi connectivity index (χ0v) is 13.6. The van der Waals surface area contributed by atoms with E-state index in [0.29, 0.717) is 12.3 Å². The summed E-state index contributed by atoms with van der Waals surface area (Å²) in [6.45, 7) is -6.58. The van der Waals surface area contributed by atoms with Crippen molar-refractivity contribution in [2.45, 2.75) is 19.4 Å². The van der Waals surface area contributed by atoms with E-state index in [1.807, 2.05) is 0 Å². The second-order valence-corrected chi connectivity index (χ2v) is 5.09. The number of carbonyl (C=O) groups excluding carboxylic acids is 1. The molecule has 28 heavy (non-hydrogen) atoms. The van der Waals surface area contributed by atoms with Crippen LogP contribution in [0, 0.1) is 0 Å². The number of halogens is 7. The van der Waals surface area contributed by atoms with Crippen LogP contribution in [0.25, 0.3) is 6.08 Å². The predicted molar refractivity (Wildman–Crippen MR) is 82.3 cm³/mol. The molecule has 0 N–H and O–H groups in total. The van der Waals surface area contributed by atoms with Crippen molar-refractivity contribution in [2.75, 3.05) is 0 Å². The molecule has 1 aromatic carbocycles. The van der Waals surface area contributed by atoms with Gasteiger partial charge in [0.15, 0.2) is 11.5 Å². The number of pyridine rings is 1. The highest BCUT2D eigenvalue weighted by Gasteiger charge is 2.30. The first kappa shape index (κ1) is 21.2. The molecule has 1 aromatic heterocycles. The molecule has 0 radical (unpaired) electrons. The molecule has 0 aliphatic heterocycles. The van der Waals surface area contributed by atoms with Gasteiger partial charge in [0, 0.05) is 6.20 Å². The standard InChI is InChI=1S/C17H10F7NO3/c18-15(19)27-13-6-2-9(7-14(13)28-16(20)21)1-5-12(26)11-4-3-10(8-25-11)17(22,23)24/h1-8,15-16H/b5-1+. The molecule has 0 saturated heterocycles. The first-order valence-corrected chi connectivity index (χ1v) is 7.35. The van der Waals surface area contributed by atoms with E-state index in [4.69, 9.17) is 0 Å². The van der Waals surface area contributed by atoms with Gasteiger partial charge in [-0.3, -0.25) is 9.78 Å². The average Bonchev–Trinajstić information content (AvgIpc) is 2.60.